The van der Waals surface area contributed by atoms with Crippen molar-refractivity contribution in [3.8, 4) is 0 Å². The first-order chi connectivity index (χ1) is 6.99. The Labute approximate surface area is 87.4 Å². The molecule has 0 fully saturated rings. The van der Waals surface area contributed by atoms with Gasteiger partial charge in [-0.05, 0) is 20.8 Å². The van der Waals surface area contributed by atoms with Gasteiger partial charge in [-0.3, -0.25) is 5.41 Å². The van der Waals surface area contributed by atoms with E-state index in [1.54, 1.807) is 6.92 Å². The van der Waals surface area contributed by atoms with E-state index in [0.717, 1.165) is 0 Å². The Kier molecular flexibility index (Phi) is 6.16. The molecular weight excluding hydrogens is 204 g/mol. The number of halogens is 2. The van der Waals surface area contributed by atoms with Gasteiger partial charge in [0.2, 0.25) is 0 Å². The molecule has 0 aliphatic carbocycles. The summed E-state index contributed by atoms with van der Waals surface area (Å²) in [6.45, 7) is 1.87. The first-order valence-electron chi connectivity index (χ1n) is 4.37. The standard InChI is InChI=1S/C8H15F2N5/c1-4-14-15(8(9)10)7(3)13-5-12-6(2)11/h4-5,7-8H,1-3H3,(H2,11,12,13)/b14-4-. The van der Waals surface area contributed by atoms with Gasteiger partial charge in [0.1, 0.15) is 12.0 Å². The predicted octanol–water partition coefficient (Wildman–Crippen LogP) is 1.48. The van der Waals surface area contributed by atoms with E-state index in [1.807, 2.05) is 0 Å². The summed E-state index contributed by atoms with van der Waals surface area (Å²) in [5.74, 6) is 0.0947. The molecule has 0 aliphatic rings. The number of hydrogen-bond donors (Lipinski definition) is 2. The average molecular weight is 219 g/mol. The van der Waals surface area contributed by atoms with E-state index in [4.69, 9.17) is 5.41 Å². The number of nitrogens with zero attached hydrogens (tertiary/aromatic N) is 3. The molecule has 5 nitrogen and oxygen atoms in total. The van der Waals surface area contributed by atoms with Crippen LogP contribution in [0.25, 0.3) is 0 Å². The Morgan fingerprint density at radius 2 is 2.13 bits per heavy atom. The zero-order valence-corrected chi connectivity index (χ0v) is 8.91. The van der Waals surface area contributed by atoms with Crippen molar-refractivity contribution in [1.82, 2.24) is 10.3 Å². The highest BCUT2D eigenvalue weighted by Crippen LogP contribution is 2.06. The van der Waals surface area contributed by atoms with E-state index in [1.165, 1.54) is 26.4 Å². The highest BCUT2D eigenvalue weighted by atomic mass is 19.3. The fraction of sp³-hybridized carbons (Fsp3) is 0.625. The van der Waals surface area contributed by atoms with E-state index in [9.17, 15) is 8.78 Å². The minimum atomic E-state index is -2.68. The number of aliphatic imine (C=N–C) groups is 1. The average Bonchev–Trinajstić information content (AvgIpc) is 2.12. The van der Waals surface area contributed by atoms with Crippen molar-refractivity contribution in [1.29, 1.82) is 5.41 Å². The summed E-state index contributed by atoms with van der Waals surface area (Å²) < 4.78 is 24.8. The van der Waals surface area contributed by atoms with Gasteiger partial charge in [0.05, 0.1) is 6.34 Å². The molecule has 0 aromatic heterocycles. The van der Waals surface area contributed by atoms with E-state index in [-0.39, 0.29) is 5.84 Å². The third-order valence-corrected chi connectivity index (χ3v) is 1.42. The molecule has 2 N–H and O–H groups in total. The van der Waals surface area contributed by atoms with Crippen LogP contribution in [0.5, 0.6) is 0 Å². The summed E-state index contributed by atoms with van der Waals surface area (Å²) in [5, 5.41) is 13.7. The van der Waals surface area contributed by atoms with E-state index in [2.05, 4.69) is 15.4 Å². The highest BCUT2D eigenvalue weighted by molar-refractivity contribution is 5.84. The number of alkyl halides is 2. The van der Waals surface area contributed by atoms with Crippen LogP contribution in [0.15, 0.2) is 10.1 Å². The van der Waals surface area contributed by atoms with Crippen LogP contribution in [-0.2, 0) is 0 Å². The molecule has 0 saturated carbocycles. The van der Waals surface area contributed by atoms with Gasteiger partial charge in [0.15, 0.2) is 0 Å². The van der Waals surface area contributed by atoms with Gasteiger partial charge >= 0.3 is 6.55 Å². The Morgan fingerprint density at radius 1 is 1.53 bits per heavy atom. The maximum atomic E-state index is 12.4. The fourth-order valence-corrected chi connectivity index (χ4v) is 0.771. The van der Waals surface area contributed by atoms with Gasteiger partial charge in [-0.25, -0.2) is 10.0 Å². The minimum Gasteiger partial charge on any atom is -0.355 e. The Balaban J connectivity index is 4.26. The number of amidine groups is 1. The Morgan fingerprint density at radius 3 is 2.53 bits per heavy atom. The fourth-order valence-electron chi connectivity index (χ4n) is 0.771. The predicted molar refractivity (Wildman–Crippen MR) is 56.5 cm³/mol. The van der Waals surface area contributed by atoms with Crippen molar-refractivity contribution < 1.29 is 8.78 Å². The van der Waals surface area contributed by atoms with Gasteiger partial charge in [0.25, 0.3) is 0 Å². The molecule has 15 heavy (non-hydrogen) atoms. The summed E-state index contributed by atoms with van der Waals surface area (Å²) >= 11 is 0. The van der Waals surface area contributed by atoms with Crippen LogP contribution in [0.3, 0.4) is 0 Å². The smallest absolute Gasteiger partial charge is 0.331 e. The monoisotopic (exact) mass is 219 g/mol. The van der Waals surface area contributed by atoms with Crippen molar-refractivity contribution in [2.45, 2.75) is 33.5 Å². The molecule has 1 atom stereocenters. The molecule has 0 heterocycles. The maximum Gasteiger partial charge on any atom is 0.331 e. The third-order valence-electron chi connectivity index (χ3n) is 1.42. The molecule has 0 aliphatic heterocycles. The summed E-state index contributed by atoms with van der Waals surface area (Å²) in [6, 6.07) is 0. The summed E-state index contributed by atoms with van der Waals surface area (Å²) in [4.78, 5) is 3.59. The van der Waals surface area contributed by atoms with Crippen LogP contribution in [0.4, 0.5) is 8.78 Å². The molecule has 0 amide bonds. The Bertz CT molecular complexity index is 251. The number of rotatable bonds is 5. The van der Waals surface area contributed by atoms with Crippen LogP contribution in [0.1, 0.15) is 20.8 Å². The van der Waals surface area contributed by atoms with Crippen LogP contribution < -0.4 is 5.32 Å². The van der Waals surface area contributed by atoms with E-state index >= 15 is 0 Å². The summed E-state index contributed by atoms with van der Waals surface area (Å²) in [7, 11) is 0. The van der Waals surface area contributed by atoms with Gasteiger partial charge in [-0.1, -0.05) is 0 Å². The second-order valence-electron chi connectivity index (χ2n) is 2.72. The van der Waals surface area contributed by atoms with Gasteiger partial charge in [-0.2, -0.15) is 13.9 Å². The lowest BCUT2D eigenvalue weighted by Gasteiger charge is -2.24. The lowest BCUT2D eigenvalue weighted by molar-refractivity contribution is -0.0512. The molecule has 0 saturated heterocycles. The number of nitrogens with one attached hydrogen (secondary N) is 2. The lowest BCUT2D eigenvalue weighted by Crippen LogP contribution is -2.42. The molecule has 86 valence electrons. The van der Waals surface area contributed by atoms with Crippen LogP contribution >= 0.6 is 0 Å². The SMILES string of the molecule is C/C=N\N(C(F)F)C(C)NC=NC(C)=N. The number of hydrogen-bond acceptors (Lipinski definition) is 3. The normalized spacial score (nSPS) is 13.7. The zero-order chi connectivity index (χ0) is 11.8. The molecule has 1 unspecified atom stereocenters. The largest absolute Gasteiger partial charge is 0.355 e. The third kappa shape index (κ3) is 5.71. The Hall–Kier alpha value is -1.53. The van der Waals surface area contributed by atoms with Crippen molar-refractivity contribution in [3.63, 3.8) is 0 Å². The first kappa shape index (κ1) is 13.5. The van der Waals surface area contributed by atoms with Crippen molar-refractivity contribution in [2.75, 3.05) is 0 Å². The topological polar surface area (TPSA) is 63.8 Å². The summed E-state index contributed by atoms with van der Waals surface area (Å²) in [5.41, 5.74) is 0. The van der Waals surface area contributed by atoms with Gasteiger partial charge < -0.3 is 5.32 Å². The van der Waals surface area contributed by atoms with Crippen molar-refractivity contribution >= 4 is 18.4 Å². The number of hydrazone groups is 1. The van der Waals surface area contributed by atoms with Crippen molar-refractivity contribution in [3.05, 3.63) is 0 Å². The van der Waals surface area contributed by atoms with Gasteiger partial charge in [-0.15, -0.1) is 0 Å². The molecule has 0 aromatic rings. The molecule has 0 spiro atoms. The quantitative estimate of drug-likeness (QED) is 0.242. The second-order valence-corrected chi connectivity index (χ2v) is 2.72. The van der Waals surface area contributed by atoms with Crippen LogP contribution in [0, 0.1) is 5.41 Å². The molecule has 7 heteroatoms. The molecular formula is C8H15F2N5. The summed E-state index contributed by atoms with van der Waals surface area (Å²) in [6.07, 6.45) is 1.79. The van der Waals surface area contributed by atoms with Crippen LogP contribution in [0.2, 0.25) is 0 Å². The highest BCUT2D eigenvalue weighted by Gasteiger charge is 2.18. The van der Waals surface area contributed by atoms with Crippen LogP contribution in [-0.4, -0.2) is 36.1 Å². The lowest BCUT2D eigenvalue weighted by atomic mass is 10.5. The molecule has 0 aromatic carbocycles. The minimum absolute atomic E-state index is 0.0947. The molecule has 0 bridgehead atoms. The maximum absolute atomic E-state index is 12.4. The van der Waals surface area contributed by atoms with E-state index < -0.39 is 12.7 Å². The van der Waals surface area contributed by atoms with Crippen molar-refractivity contribution in [2.24, 2.45) is 10.1 Å². The van der Waals surface area contributed by atoms with E-state index in [0.29, 0.717) is 5.01 Å². The van der Waals surface area contributed by atoms with Gasteiger partial charge in [0, 0.05) is 6.21 Å². The first-order valence-corrected chi connectivity index (χ1v) is 4.37. The second kappa shape index (κ2) is 6.86. The zero-order valence-electron chi connectivity index (χ0n) is 8.91. The molecule has 0 rings (SSSR count). The molecule has 0 radical (unpaired) electrons.